The number of ether oxygens (including phenoxy) is 4. The smallest absolute Gasteiger partial charge is 0.0707 e. The predicted molar refractivity (Wildman–Crippen MR) is 147 cm³/mol. The summed E-state index contributed by atoms with van der Waals surface area (Å²) in [7, 11) is 8.17. The van der Waals surface area contributed by atoms with Gasteiger partial charge in [0.05, 0.1) is 43.2 Å². The molecule has 0 aliphatic rings. The summed E-state index contributed by atoms with van der Waals surface area (Å²) >= 11 is 0. The largest absolute Gasteiger partial charge is 0.378 e. The molecule has 0 rings (SSSR count). The minimum absolute atomic E-state index is 0. The standard InChI is InChI=1S/C10H23NO2.C8H19NO.C8H18O.CH4/c1-10(2,3)13-9-8-12-7-6-11(4)5;1-8(2,3)10-7-6-9(4)5;1-5-6-7-9-8(2,3)4;/h6-9H2,1-5H3;6-7H2,1-5H3;5-7H2,1-4H3;1H4. The molecule has 0 bridgehead atoms. The number of likely N-dealkylation sites (N-methyl/N-ethyl adjacent to an activating group) is 2. The van der Waals surface area contributed by atoms with Gasteiger partial charge in [-0.1, -0.05) is 20.8 Å². The summed E-state index contributed by atoms with van der Waals surface area (Å²) in [6.07, 6.45) is 2.40. The number of rotatable bonds is 12. The van der Waals surface area contributed by atoms with Gasteiger partial charge in [0.25, 0.3) is 0 Å². The van der Waals surface area contributed by atoms with Gasteiger partial charge in [-0.2, -0.15) is 0 Å². The predicted octanol–water partition coefficient (Wildman–Crippen LogP) is 5.98. The second-order valence-corrected chi connectivity index (χ2v) is 11.5. The van der Waals surface area contributed by atoms with Crippen LogP contribution in [0.15, 0.2) is 0 Å². The van der Waals surface area contributed by atoms with Crippen molar-refractivity contribution in [2.45, 2.75) is 106 Å². The highest BCUT2D eigenvalue weighted by atomic mass is 16.5. The van der Waals surface area contributed by atoms with Gasteiger partial charge in [0.2, 0.25) is 0 Å². The molecule has 0 aromatic rings. The first-order valence-corrected chi connectivity index (χ1v) is 12.2. The van der Waals surface area contributed by atoms with Crippen molar-refractivity contribution >= 4 is 0 Å². The normalized spacial score (nSPS) is 12.0. The molecule has 0 radical (unpaired) electrons. The number of nitrogens with zero attached hydrogens (tertiary/aromatic N) is 2. The van der Waals surface area contributed by atoms with Gasteiger partial charge in [0, 0.05) is 19.7 Å². The third-order valence-corrected chi connectivity index (χ3v) is 3.55. The molecule has 0 fully saturated rings. The van der Waals surface area contributed by atoms with E-state index in [0.717, 1.165) is 32.9 Å². The zero-order chi connectivity index (χ0) is 25.8. The molecule has 0 aromatic heterocycles. The molecule has 0 spiro atoms. The van der Waals surface area contributed by atoms with Crippen LogP contribution in [0.2, 0.25) is 0 Å². The zero-order valence-electron chi connectivity index (χ0n) is 24.4. The van der Waals surface area contributed by atoms with Crippen molar-refractivity contribution < 1.29 is 18.9 Å². The van der Waals surface area contributed by atoms with Crippen LogP contribution in [0.5, 0.6) is 0 Å². The van der Waals surface area contributed by atoms with Crippen molar-refractivity contribution in [3.8, 4) is 0 Å². The molecule has 0 aliphatic carbocycles. The molecular formula is C27H64N2O4. The van der Waals surface area contributed by atoms with E-state index in [1.807, 2.05) is 49.0 Å². The van der Waals surface area contributed by atoms with E-state index in [1.54, 1.807) is 0 Å². The Balaban J connectivity index is -0.000000192. The summed E-state index contributed by atoms with van der Waals surface area (Å²) in [4.78, 5) is 4.22. The van der Waals surface area contributed by atoms with E-state index in [0.29, 0.717) is 13.2 Å². The van der Waals surface area contributed by atoms with Crippen LogP contribution in [0, 0.1) is 0 Å². The number of unbranched alkanes of at least 4 members (excludes halogenated alkanes) is 1. The van der Waals surface area contributed by atoms with Crippen molar-refractivity contribution in [2.75, 3.05) is 74.3 Å². The maximum absolute atomic E-state index is 5.50. The van der Waals surface area contributed by atoms with Crippen LogP contribution in [0.1, 0.15) is 89.5 Å². The molecule has 0 aliphatic heterocycles. The van der Waals surface area contributed by atoms with Crippen LogP contribution in [0.25, 0.3) is 0 Å². The molecule has 0 unspecified atom stereocenters. The lowest BCUT2D eigenvalue weighted by Gasteiger charge is -2.20. The van der Waals surface area contributed by atoms with E-state index < -0.39 is 0 Å². The minimum atomic E-state index is -0.0507. The maximum Gasteiger partial charge on any atom is 0.0707 e. The van der Waals surface area contributed by atoms with E-state index in [2.05, 4.69) is 58.3 Å². The van der Waals surface area contributed by atoms with Crippen LogP contribution in [-0.4, -0.2) is 101 Å². The van der Waals surface area contributed by atoms with Crippen molar-refractivity contribution in [3.63, 3.8) is 0 Å². The summed E-state index contributed by atoms with van der Waals surface area (Å²) in [6, 6.07) is 0. The molecule has 0 heterocycles. The molecule has 0 saturated carbocycles. The molecule has 0 atom stereocenters. The summed E-state index contributed by atoms with van der Waals surface area (Å²) in [5, 5.41) is 0. The van der Waals surface area contributed by atoms with Gasteiger partial charge < -0.3 is 28.7 Å². The number of hydrogen-bond acceptors (Lipinski definition) is 6. The lowest BCUT2D eigenvalue weighted by atomic mass is 10.2. The molecule has 0 N–H and O–H groups in total. The van der Waals surface area contributed by atoms with E-state index in [4.69, 9.17) is 18.9 Å². The minimum Gasteiger partial charge on any atom is -0.378 e. The maximum atomic E-state index is 5.50. The Kier molecular flexibility index (Phi) is 26.9. The van der Waals surface area contributed by atoms with Gasteiger partial charge in [-0.05, 0) is 96.9 Å². The van der Waals surface area contributed by atoms with Gasteiger partial charge in [-0.3, -0.25) is 0 Å². The molecule has 33 heavy (non-hydrogen) atoms. The third-order valence-electron chi connectivity index (χ3n) is 3.55. The molecule has 0 amide bonds. The van der Waals surface area contributed by atoms with E-state index in [9.17, 15) is 0 Å². The average molecular weight is 481 g/mol. The Morgan fingerprint density at radius 3 is 1.24 bits per heavy atom. The fraction of sp³-hybridized carbons (Fsp3) is 1.00. The van der Waals surface area contributed by atoms with Crippen molar-refractivity contribution in [2.24, 2.45) is 0 Å². The summed E-state index contributed by atoms with van der Waals surface area (Å²) in [5.41, 5.74) is 0.0100. The monoisotopic (exact) mass is 480 g/mol. The van der Waals surface area contributed by atoms with Crippen molar-refractivity contribution in [3.05, 3.63) is 0 Å². The highest BCUT2D eigenvalue weighted by molar-refractivity contribution is 4.59. The van der Waals surface area contributed by atoms with Crippen LogP contribution < -0.4 is 0 Å². The highest BCUT2D eigenvalue weighted by Crippen LogP contribution is 2.07. The summed E-state index contributed by atoms with van der Waals surface area (Å²) in [6.45, 7) is 26.6. The van der Waals surface area contributed by atoms with Crippen LogP contribution in [0.3, 0.4) is 0 Å². The lowest BCUT2D eigenvalue weighted by molar-refractivity contribution is -0.0359. The van der Waals surface area contributed by atoms with E-state index in [1.165, 1.54) is 12.8 Å². The molecule has 6 nitrogen and oxygen atoms in total. The third kappa shape index (κ3) is 54.3. The highest BCUT2D eigenvalue weighted by Gasteiger charge is 2.09. The quantitative estimate of drug-likeness (QED) is 0.320. The molecule has 0 aromatic carbocycles. The van der Waals surface area contributed by atoms with Crippen molar-refractivity contribution in [1.29, 1.82) is 0 Å². The van der Waals surface area contributed by atoms with Crippen LogP contribution >= 0.6 is 0 Å². The zero-order valence-corrected chi connectivity index (χ0v) is 24.4. The van der Waals surface area contributed by atoms with Gasteiger partial charge in [0.15, 0.2) is 0 Å². The average Bonchev–Trinajstić information content (AvgIpc) is 2.55. The first-order valence-electron chi connectivity index (χ1n) is 12.2. The Labute approximate surface area is 209 Å². The van der Waals surface area contributed by atoms with Gasteiger partial charge in [-0.25, -0.2) is 0 Å². The fourth-order valence-electron chi connectivity index (χ4n) is 1.81. The van der Waals surface area contributed by atoms with E-state index in [-0.39, 0.29) is 24.2 Å². The van der Waals surface area contributed by atoms with Crippen LogP contribution in [-0.2, 0) is 18.9 Å². The Hall–Kier alpha value is -0.240. The Bertz CT molecular complexity index is 381. The summed E-state index contributed by atoms with van der Waals surface area (Å²) < 4.78 is 21.8. The Morgan fingerprint density at radius 1 is 0.515 bits per heavy atom. The molecule has 206 valence electrons. The topological polar surface area (TPSA) is 43.4 Å². The Morgan fingerprint density at radius 2 is 0.879 bits per heavy atom. The van der Waals surface area contributed by atoms with Crippen LogP contribution in [0.4, 0.5) is 0 Å². The molecule has 0 saturated heterocycles. The lowest BCUT2D eigenvalue weighted by Crippen LogP contribution is -2.25. The second-order valence-electron chi connectivity index (χ2n) is 11.5. The summed E-state index contributed by atoms with van der Waals surface area (Å²) in [5.74, 6) is 0. The van der Waals surface area contributed by atoms with Gasteiger partial charge >= 0.3 is 0 Å². The van der Waals surface area contributed by atoms with E-state index >= 15 is 0 Å². The number of hydrogen-bond donors (Lipinski definition) is 0. The second kappa shape index (κ2) is 22.2. The fourth-order valence-corrected chi connectivity index (χ4v) is 1.81. The molecule has 6 heteroatoms. The van der Waals surface area contributed by atoms with Gasteiger partial charge in [0.1, 0.15) is 0 Å². The first-order chi connectivity index (χ1) is 14.4. The first kappa shape index (κ1) is 40.0. The SMILES string of the molecule is C.CCCCOC(C)(C)C.CN(C)CCOC(C)(C)C.CN(C)CCOCCOC(C)(C)C. The van der Waals surface area contributed by atoms with Gasteiger partial charge in [-0.15, -0.1) is 0 Å². The molecular weight excluding hydrogens is 416 g/mol. The van der Waals surface area contributed by atoms with Crippen molar-refractivity contribution in [1.82, 2.24) is 9.80 Å².